The molecule has 0 atom stereocenters. The first-order chi connectivity index (χ1) is 3.83. The molecule has 8 heavy (non-hydrogen) atoms. The van der Waals surface area contributed by atoms with Gasteiger partial charge in [0, 0.05) is 5.69 Å². The molecule has 0 aliphatic heterocycles. The number of rotatable bonds is 1. The van der Waals surface area contributed by atoms with Crippen LogP contribution in [-0.4, -0.2) is 10.1 Å². The van der Waals surface area contributed by atoms with Crippen LogP contribution in [0.2, 0.25) is 0 Å². The van der Waals surface area contributed by atoms with Crippen molar-refractivity contribution in [3.63, 3.8) is 0 Å². The molecular weight excluding hydrogens is 102 g/mol. The quantitative estimate of drug-likeness (QED) is 0.562. The Labute approximate surface area is 48.2 Å². The molecule has 2 heteroatoms. The van der Waals surface area contributed by atoms with Gasteiger partial charge in [-0.05, 0) is 18.6 Å². The van der Waals surface area contributed by atoms with Crippen LogP contribution >= 0.6 is 0 Å². The molecule has 1 aromatic rings. The highest BCUT2D eigenvalue weighted by molar-refractivity contribution is 5.15. The van der Waals surface area contributed by atoms with E-state index in [2.05, 4.69) is 4.98 Å². The Bertz CT molecular complexity index is 169. The van der Waals surface area contributed by atoms with E-state index in [1.165, 1.54) is 0 Å². The Hall–Kier alpha value is -0.920. The molecule has 0 aromatic carbocycles. The lowest BCUT2D eigenvalue weighted by atomic mass is 10.3. The number of aromatic nitrogens is 1. The molecule has 0 fully saturated rings. The number of aromatic hydroxyl groups is 1. The molecule has 0 saturated carbocycles. The number of H-pyrrole nitrogens is 1. The Kier molecular flexibility index (Phi) is 1.24. The van der Waals surface area contributed by atoms with E-state index in [0.29, 0.717) is 0 Å². The largest absolute Gasteiger partial charge is 0.495 e. The van der Waals surface area contributed by atoms with Crippen LogP contribution in [0.25, 0.3) is 0 Å². The first-order valence-electron chi connectivity index (χ1n) is 2.69. The fourth-order valence-electron chi connectivity index (χ4n) is 0.634. The molecule has 0 unspecified atom stereocenters. The Morgan fingerprint density at radius 3 is 2.62 bits per heavy atom. The highest BCUT2D eigenvalue weighted by atomic mass is 16.3. The van der Waals surface area contributed by atoms with Crippen LogP contribution in [0.5, 0.6) is 5.88 Å². The summed E-state index contributed by atoms with van der Waals surface area (Å²) in [5.41, 5.74) is 1.07. The van der Waals surface area contributed by atoms with Crippen molar-refractivity contribution in [1.29, 1.82) is 0 Å². The average molecular weight is 111 g/mol. The van der Waals surface area contributed by atoms with E-state index in [4.69, 9.17) is 5.11 Å². The van der Waals surface area contributed by atoms with Gasteiger partial charge in [-0.25, -0.2) is 0 Å². The van der Waals surface area contributed by atoms with Crippen molar-refractivity contribution in [2.75, 3.05) is 0 Å². The van der Waals surface area contributed by atoms with Gasteiger partial charge in [-0.2, -0.15) is 0 Å². The van der Waals surface area contributed by atoms with E-state index >= 15 is 0 Å². The maximum absolute atomic E-state index is 8.73. The lowest BCUT2D eigenvalue weighted by Crippen LogP contribution is -1.74. The van der Waals surface area contributed by atoms with E-state index < -0.39 is 0 Å². The van der Waals surface area contributed by atoms with E-state index in [1.54, 1.807) is 6.07 Å². The molecule has 0 aliphatic rings. The third-order valence-electron chi connectivity index (χ3n) is 1.11. The van der Waals surface area contributed by atoms with E-state index in [9.17, 15) is 0 Å². The molecule has 1 rings (SSSR count). The molecular formula is C6H9NO. The van der Waals surface area contributed by atoms with E-state index in [-0.39, 0.29) is 5.88 Å². The smallest absolute Gasteiger partial charge is 0.188 e. The van der Waals surface area contributed by atoms with Crippen molar-refractivity contribution in [3.8, 4) is 5.88 Å². The number of aromatic amines is 1. The summed E-state index contributed by atoms with van der Waals surface area (Å²) in [4.78, 5) is 2.78. The number of aryl methyl sites for hydroxylation is 1. The second-order valence-corrected chi connectivity index (χ2v) is 1.72. The summed E-state index contributed by atoms with van der Waals surface area (Å²) in [6.45, 7) is 2.03. The van der Waals surface area contributed by atoms with Gasteiger partial charge in [0.1, 0.15) is 0 Å². The molecule has 0 spiro atoms. The SMILES string of the molecule is CCc1ccc(O)[nH]1. The first kappa shape index (κ1) is 5.22. The van der Waals surface area contributed by atoms with Gasteiger partial charge in [-0.1, -0.05) is 6.92 Å². The normalized spacial score (nSPS) is 9.62. The maximum Gasteiger partial charge on any atom is 0.188 e. The molecule has 0 bridgehead atoms. The standard InChI is InChI=1S/C6H9NO/c1-2-5-3-4-6(8)7-5/h3-4,7-8H,2H2,1H3. The monoisotopic (exact) mass is 111 g/mol. The summed E-state index contributed by atoms with van der Waals surface area (Å²) in [7, 11) is 0. The summed E-state index contributed by atoms with van der Waals surface area (Å²) >= 11 is 0. The Morgan fingerprint density at radius 1 is 1.62 bits per heavy atom. The molecule has 0 amide bonds. The van der Waals surface area contributed by atoms with E-state index in [0.717, 1.165) is 12.1 Å². The van der Waals surface area contributed by atoms with Crippen molar-refractivity contribution < 1.29 is 5.11 Å². The molecule has 2 N–H and O–H groups in total. The van der Waals surface area contributed by atoms with Crippen LogP contribution in [0.15, 0.2) is 12.1 Å². The average Bonchev–Trinajstić information content (AvgIpc) is 2.14. The molecule has 0 aliphatic carbocycles. The molecule has 0 radical (unpaired) electrons. The second kappa shape index (κ2) is 1.90. The van der Waals surface area contributed by atoms with Gasteiger partial charge >= 0.3 is 0 Å². The molecule has 0 saturated heterocycles. The Balaban J connectivity index is 2.84. The number of nitrogens with one attached hydrogen (secondary N) is 1. The van der Waals surface area contributed by atoms with Crippen molar-refractivity contribution >= 4 is 0 Å². The molecule has 2 nitrogen and oxygen atoms in total. The predicted molar refractivity (Wildman–Crippen MR) is 31.8 cm³/mol. The maximum atomic E-state index is 8.73. The van der Waals surface area contributed by atoms with Crippen molar-refractivity contribution in [3.05, 3.63) is 17.8 Å². The third-order valence-corrected chi connectivity index (χ3v) is 1.11. The summed E-state index contributed by atoms with van der Waals surface area (Å²) in [6.07, 6.45) is 0.945. The van der Waals surface area contributed by atoms with Crippen molar-refractivity contribution in [2.45, 2.75) is 13.3 Å². The first-order valence-corrected chi connectivity index (χ1v) is 2.69. The summed E-state index contributed by atoms with van der Waals surface area (Å²) in [6, 6.07) is 3.52. The number of hydrogen-bond acceptors (Lipinski definition) is 1. The van der Waals surface area contributed by atoms with Crippen LogP contribution in [0, 0.1) is 0 Å². The third kappa shape index (κ3) is 0.832. The summed E-state index contributed by atoms with van der Waals surface area (Å²) in [5.74, 6) is 0.252. The number of hydrogen-bond donors (Lipinski definition) is 2. The lowest BCUT2D eigenvalue weighted by Gasteiger charge is -1.83. The van der Waals surface area contributed by atoms with Gasteiger partial charge in [0.2, 0.25) is 0 Å². The highest BCUT2D eigenvalue weighted by Gasteiger charge is 1.89. The zero-order valence-corrected chi connectivity index (χ0v) is 4.81. The predicted octanol–water partition coefficient (Wildman–Crippen LogP) is 1.28. The zero-order chi connectivity index (χ0) is 5.98. The van der Waals surface area contributed by atoms with Crippen molar-refractivity contribution in [1.82, 2.24) is 4.98 Å². The van der Waals surface area contributed by atoms with E-state index in [1.807, 2.05) is 13.0 Å². The van der Waals surface area contributed by atoms with Gasteiger partial charge in [0.15, 0.2) is 5.88 Å². The molecule has 1 heterocycles. The van der Waals surface area contributed by atoms with Crippen LogP contribution in [0.3, 0.4) is 0 Å². The topological polar surface area (TPSA) is 36.0 Å². The fourth-order valence-corrected chi connectivity index (χ4v) is 0.634. The minimum absolute atomic E-state index is 0.252. The zero-order valence-electron chi connectivity index (χ0n) is 4.81. The van der Waals surface area contributed by atoms with Crippen LogP contribution in [0.4, 0.5) is 0 Å². The Morgan fingerprint density at radius 2 is 2.38 bits per heavy atom. The lowest BCUT2D eigenvalue weighted by molar-refractivity contribution is 0.456. The van der Waals surface area contributed by atoms with Gasteiger partial charge in [0.25, 0.3) is 0 Å². The minimum Gasteiger partial charge on any atom is -0.495 e. The fraction of sp³-hybridized carbons (Fsp3) is 0.333. The van der Waals surface area contributed by atoms with Crippen molar-refractivity contribution in [2.24, 2.45) is 0 Å². The second-order valence-electron chi connectivity index (χ2n) is 1.72. The van der Waals surface area contributed by atoms with Gasteiger partial charge in [0.05, 0.1) is 0 Å². The summed E-state index contributed by atoms with van der Waals surface area (Å²) in [5, 5.41) is 8.73. The summed E-state index contributed by atoms with van der Waals surface area (Å²) < 4.78 is 0. The van der Waals surface area contributed by atoms with Gasteiger partial charge in [-0.15, -0.1) is 0 Å². The van der Waals surface area contributed by atoms with Crippen LogP contribution in [-0.2, 0) is 6.42 Å². The molecule has 1 aromatic heterocycles. The molecule has 44 valence electrons. The van der Waals surface area contributed by atoms with Crippen LogP contribution in [0.1, 0.15) is 12.6 Å². The minimum atomic E-state index is 0.252. The van der Waals surface area contributed by atoms with Crippen LogP contribution < -0.4 is 0 Å². The van der Waals surface area contributed by atoms with Gasteiger partial charge in [-0.3, -0.25) is 0 Å². The highest BCUT2D eigenvalue weighted by Crippen LogP contribution is 2.06. The van der Waals surface area contributed by atoms with Gasteiger partial charge < -0.3 is 10.1 Å².